The van der Waals surface area contributed by atoms with Crippen molar-refractivity contribution in [3.63, 3.8) is 0 Å². The largest absolute Gasteiger partial charge is 0.271 e. The van der Waals surface area contributed by atoms with E-state index in [1.54, 1.807) is 18.3 Å². The summed E-state index contributed by atoms with van der Waals surface area (Å²) in [7, 11) is -3.84. The number of hydrogen-bond acceptors (Lipinski definition) is 5. The first-order valence-electron chi connectivity index (χ1n) is 6.82. The summed E-state index contributed by atoms with van der Waals surface area (Å²) in [6.07, 6.45) is 5.39. The number of hydrogen-bond donors (Lipinski definition) is 1. The van der Waals surface area contributed by atoms with Crippen LogP contribution in [0.25, 0.3) is 0 Å². The number of amides is 1. The van der Waals surface area contributed by atoms with E-state index >= 15 is 0 Å². The maximum absolute atomic E-state index is 13.8. The van der Waals surface area contributed by atoms with E-state index in [1.807, 2.05) is 0 Å². The van der Waals surface area contributed by atoms with E-state index < -0.39 is 28.3 Å². The van der Waals surface area contributed by atoms with Crippen LogP contribution in [-0.4, -0.2) is 38.3 Å². The molecule has 24 heavy (non-hydrogen) atoms. The van der Waals surface area contributed by atoms with Gasteiger partial charge in [-0.2, -0.15) is 5.10 Å². The van der Waals surface area contributed by atoms with Gasteiger partial charge in [-0.3, -0.25) is 14.1 Å². The van der Waals surface area contributed by atoms with Gasteiger partial charge in [0, 0.05) is 18.0 Å². The van der Waals surface area contributed by atoms with Crippen molar-refractivity contribution in [3.05, 3.63) is 60.2 Å². The molecule has 0 saturated heterocycles. The third kappa shape index (κ3) is 4.85. The molecule has 1 aromatic carbocycles. The lowest BCUT2D eigenvalue weighted by atomic mass is 10.3. The van der Waals surface area contributed by atoms with E-state index in [9.17, 15) is 17.6 Å². The van der Waals surface area contributed by atoms with Gasteiger partial charge in [-0.1, -0.05) is 18.2 Å². The van der Waals surface area contributed by atoms with Gasteiger partial charge in [-0.25, -0.2) is 18.2 Å². The average molecular weight is 350 g/mol. The van der Waals surface area contributed by atoms with Crippen molar-refractivity contribution in [1.29, 1.82) is 0 Å². The van der Waals surface area contributed by atoms with E-state index in [0.717, 1.165) is 12.3 Å². The SMILES string of the molecule is CS(=O)(=O)N(CC(=O)N/N=C\c1cccnc1)c1ccccc1F. The fourth-order valence-electron chi connectivity index (χ4n) is 1.83. The molecular formula is C15H15FN4O3S. The Morgan fingerprint density at radius 3 is 2.71 bits per heavy atom. The van der Waals surface area contributed by atoms with E-state index in [4.69, 9.17) is 0 Å². The number of halogens is 1. The maximum atomic E-state index is 13.8. The van der Waals surface area contributed by atoms with Crippen molar-refractivity contribution in [3.8, 4) is 0 Å². The molecule has 0 unspecified atom stereocenters. The van der Waals surface area contributed by atoms with Gasteiger partial charge in [0.1, 0.15) is 12.4 Å². The Balaban J connectivity index is 2.09. The highest BCUT2D eigenvalue weighted by Gasteiger charge is 2.23. The molecule has 0 fully saturated rings. The van der Waals surface area contributed by atoms with E-state index in [2.05, 4.69) is 15.5 Å². The molecule has 0 aliphatic rings. The minimum Gasteiger partial charge on any atom is -0.271 e. The zero-order valence-corrected chi connectivity index (χ0v) is 13.6. The number of hydrazone groups is 1. The van der Waals surface area contributed by atoms with E-state index in [1.165, 1.54) is 30.6 Å². The highest BCUT2D eigenvalue weighted by molar-refractivity contribution is 7.92. The van der Waals surface area contributed by atoms with Gasteiger partial charge in [0.05, 0.1) is 18.2 Å². The van der Waals surface area contributed by atoms with Crippen LogP contribution in [0.15, 0.2) is 53.9 Å². The molecule has 0 bridgehead atoms. The normalized spacial score (nSPS) is 11.4. The quantitative estimate of drug-likeness (QED) is 0.625. The third-order valence-corrected chi connectivity index (χ3v) is 4.02. The molecule has 7 nitrogen and oxygen atoms in total. The Kier molecular flexibility index (Phi) is 5.59. The summed E-state index contributed by atoms with van der Waals surface area (Å²) in [5, 5.41) is 3.71. The van der Waals surface area contributed by atoms with Gasteiger partial charge < -0.3 is 0 Å². The second-order valence-electron chi connectivity index (χ2n) is 4.80. The molecule has 2 aromatic rings. The molecule has 1 heterocycles. The minimum atomic E-state index is -3.84. The van der Waals surface area contributed by atoms with Gasteiger partial charge in [-0.15, -0.1) is 0 Å². The van der Waals surface area contributed by atoms with Crippen molar-refractivity contribution < 1.29 is 17.6 Å². The summed E-state index contributed by atoms with van der Waals surface area (Å²) in [4.78, 5) is 15.8. The zero-order valence-electron chi connectivity index (χ0n) is 12.8. The second-order valence-corrected chi connectivity index (χ2v) is 6.71. The molecule has 0 atom stereocenters. The predicted molar refractivity (Wildman–Crippen MR) is 88.6 cm³/mol. The molecular weight excluding hydrogens is 335 g/mol. The fourth-order valence-corrected chi connectivity index (χ4v) is 2.69. The number of carbonyl (C=O) groups excluding carboxylic acids is 1. The Bertz CT molecular complexity index is 841. The van der Waals surface area contributed by atoms with Gasteiger partial charge in [0.25, 0.3) is 5.91 Å². The first-order chi connectivity index (χ1) is 11.4. The molecule has 126 valence electrons. The number of para-hydroxylation sites is 1. The standard InChI is InChI=1S/C15H15FN4O3S/c1-24(22,23)20(14-7-3-2-6-13(14)16)11-15(21)19-18-10-12-5-4-8-17-9-12/h2-10H,11H2,1H3,(H,19,21)/b18-10-. The molecule has 1 N–H and O–H groups in total. The summed E-state index contributed by atoms with van der Waals surface area (Å²) >= 11 is 0. The molecule has 2 rings (SSSR count). The predicted octanol–water partition coefficient (Wildman–Crippen LogP) is 1.14. The van der Waals surface area contributed by atoms with Gasteiger partial charge in [-0.05, 0) is 18.2 Å². The fraction of sp³-hybridized carbons (Fsp3) is 0.133. The first kappa shape index (κ1) is 17.5. The highest BCUT2D eigenvalue weighted by atomic mass is 32.2. The summed E-state index contributed by atoms with van der Waals surface area (Å²) in [6, 6.07) is 8.73. The van der Waals surface area contributed by atoms with Gasteiger partial charge in [0.2, 0.25) is 10.0 Å². The van der Waals surface area contributed by atoms with Gasteiger partial charge >= 0.3 is 0 Å². The van der Waals surface area contributed by atoms with Crippen LogP contribution >= 0.6 is 0 Å². The third-order valence-electron chi connectivity index (χ3n) is 2.90. The number of sulfonamides is 1. The summed E-state index contributed by atoms with van der Waals surface area (Å²) in [5.41, 5.74) is 2.65. The number of nitrogens with one attached hydrogen (secondary N) is 1. The van der Waals surface area contributed by atoms with Crippen molar-refractivity contribution in [2.45, 2.75) is 0 Å². The summed E-state index contributed by atoms with van der Waals surface area (Å²) in [6.45, 7) is -0.593. The number of nitrogens with zero attached hydrogens (tertiary/aromatic N) is 3. The molecule has 9 heteroatoms. The Hall–Kier alpha value is -2.81. The highest BCUT2D eigenvalue weighted by Crippen LogP contribution is 2.20. The van der Waals surface area contributed by atoms with Crippen LogP contribution in [0.2, 0.25) is 0 Å². The second kappa shape index (κ2) is 7.64. The Morgan fingerprint density at radius 1 is 1.33 bits per heavy atom. The topological polar surface area (TPSA) is 91.7 Å². The lowest BCUT2D eigenvalue weighted by molar-refractivity contribution is -0.119. The molecule has 0 aliphatic carbocycles. The smallest absolute Gasteiger partial charge is 0.260 e. The van der Waals surface area contributed by atoms with Crippen molar-refractivity contribution >= 4 is 27.8 Å². The molecule has 0 spiro atoms. The molecule has 1 amide bonds. The number of pyridine rings is 1. The number of carbonyl (C=O) groups is 1. The monoisotopic (exact) mass is 350 g/mol. The van der Waals surface area contributed by atoms with E-state index in [-0.39, 0.29) is 5.69 Å². The number of aromatic nitrogens is 1. The maximum Gasteiger partial charge on any atom is 0.260 e. The van der Waals surface area contributed by atoms with Crippen LogP contribution in [0.3, 0.4) is 0 Å². The summed E-state index contributed by atoms with van der Waals surface area (Å²) < 4.78 is 38.2. The van der Waals surface area contributed by atoms with Crippen LogP contribution in [-0.2, 0) is 14.8 Å². The van der Waals surface area contributed by atoms with Crippen LogP contribution in [0, 0.1) is 5.82 Å². The van der Waals surface area contributed by atoms with Crippen LogP contribution in [0.1, 0.15) is 5.56 Å². The lowest BCUT2D eigenvalue weighted by Crippen LogP contribution is -2.39. The van der Waals surface area contributed by atoms with Crippen LogP contribution in [0.4, 0.5) is 10.1 Å². The molecule has 0 radical (unpaired) electrons. The van der Waals surface area contributed by atoms with Crippen molar-refractivity contribution in [1.82, 2.24) is 10.4 Å². The zero-order chi connectivity index (χ0) is 17.6. The number of rotatable bonds is 6. The Labute approximate surface area is 138 Å². The van der Waals surface area contributed by atoms with E-state index in [0.29, 0.717) is 9.87 Å². The lowest BCUT2D eigenvalue weighted by Gasteiger charge is -2.21. The summed E-state index contributed by atoms with van der Waals surface area (Å²) in [5.74, 6) is -1.45. The number of benzene rings is 1. The van der Waals surface area contributed by atoms with Crippen LogP contribution in [0.5, 0.6) is 0 Å². The molecule has 0 saturated carbocycles. The van der Waals surface area contributed by atoms with Crippen LogP contribution < -0.4 is 9.73 Å². The van der Waals surface area contributed by atoms with Gasteiger partial charge in [0.15, 0.2) is 0 Å². The van der Waals surface area contributed by atoms with Crippen molar-refractivity contribution in [2.24, 2.45) is 5.10 Å². The first-order valence-corrected chi connectivity index (χ1v) is 8.67. The Morgan fingerprint density at radius 2 is 2.08 bits per heavy atom. The molecule has 0 aliphatic heterocycles. The number of anilines is 1. The average Bonchev–Trinajstić information content (AvgIpc) is 2.53. The van der Waals surface area contributed by atoms with Crippen molar-refractivity contribution in [2.75, 3.05) is 17.1 Å². The molecule has 1 aromatic heterocycles. The minimum absolute atomic E-state index is 0.202.